The van der Waals surface area contributed by atoms with E-state index in [-0.39, 0.29) is 22.7 Å². The van der Waals surface area contributed by atoms with Crippen molar-refractivity contribution in [1.82, 2.24) is 10.4 Å². The number of nitrogens with zero attached hydrogens (tertiary/aromatic N) is 4. The number of phenolic OH excluding ortho intramolecular Hbond substituents is 1. The SMILES string of the molecule is O=C(CC(=O)NN1C(=O)C(Cl)C1c1cc(N=Nc2ccc(Cl)cc2)ccc1O)Nc1ccc([N+](=O)[O-])cc1. The van der Waals surface area contributed by atoms with Gasteiger partial charge in [0.05, 0.1) is 16.3 Å². The summed E-state index contributed by atoms with van der Waals surface area (Å²) in [5, 5.41) is 32.2. The minimum absolute atomic E-state index is 0.155. The van der Waals surface area contributed by atoms with E-state index in [0.29, 0.717) is 16.4 Å². The molecule has 1 saturated heterocycles. The molecule has 4 rings (SSSR count). The molecule has 2 atom stereocenters. The summed E-state index contributed by atoms with van der Waals surface area (Å²) in [6.45, 7) is 0. The predicted octanol–water partition coefficient (Wildman–Crippen LogP) is 4.92. The molecule has 0 spiro atoms. The number of halogens is 2. The normalized spacial score (nSPS) is 16.7. The molecule has 3 aromatic carbocycles. The van der Waals surface area contributed by atoms with Crippen LogP contribution in [0.25, 0.3) is 0 Å². The molecule has 12 nitrogen and oxygen atoms in total. The maximum absolute atomic E-state index is 12.5. The standard InChI is InChI=1S/C24H18Cl2N6O6/c25-13-1-3-15(4-2-13)28-29-16-7-10-19(33)18(11-16)23-22(26)24(36)31(23)30-21(35)12-20(34)27-14-5-8-17(9-6-14)32(37)38/h1-11,22-23,33H,12H2,(H,27,34)(H,30,35). The molecule has 3 N–H and O–H groups in total. The van der Waals surface area contributed by atoms with Crippen LogP contribution in [0.5, 0.6) is 5.75 Å². The van der Waals surface area contributed by atoms with Gasteiger partial charge in [0, 0.05) is 28.4 Å². The highest BCUT2D eigenvalue weighted by molar-refractivity contribution is 6.33. The van der Waals surface area contributed by atoms with Crippen molar-refractivity contribution in [3.8, 4) is 5.75 Å². The van der Waals surface area contributed by atoms with E-state index in [1.54, 1.807) is 24.3 Å². The van der Waals surface area contributed by atoms with Gasteiger partial charge in [-0.05, 0) is 54.6 Å². The van der Waals surface area contributed by atoms with Gasteiger partial charge in [-0.25, -0.2) is 5.01 Å². The highest BCUT2D eigenvalue weighted by atomic mass is 35.5. The number of hydrazine groups is 1. The van der Waals surface area contributed by atoms with Crippen LogP contribution in [0, 0.1) is 10.1 Å². The van der Waals surface area contributed by atoms with E-state index in [1.807, 2.05) is 0 Å². The smallest absolute Gasteiger partial charge is 0.269 e. The molecular formula is C24H18Cl2N6O6. The number of rotatable bonds is 8. The van der Waals surface area contributed by atoms with Crippen molar-refractivity contribution < 1.29 is 24.4 Å². The van der Waals surface area contributed by atoms with E-state index in [0.717, 1.165) is 5.01 Å². The van der Waals surface area contributed by atoms with Crippen molar-refractivity contribution >= 4 is 63.7 Å². The molecule has 1 fully saturated rings. The average molecular weight is 557 g/mol. The Bertz CT molecular complexity index is 1430. The molecule has 0 radical (unpaired) electrons. The van der Waals surface area contributed by atoms with Crippen molar-refractivity contribution in [3.05, 3.63) is 87.4 Å². The van der Waals surface area contributed by atoms with Crippen LogP contribution in [0.1, 0.15) is 18.0 Å². The van der Waals surface area contributed by atoms with Crippen LogP contribution in [0.15, 0.2) is 77.0 Å². The molecule has 1 aliphatic rings. The predicted molar refractivity (Wildman–Crippen MR) is 137 cm³/mol. The van der Waals surface area contributed by atoms with Gasteiger partial charge in [0.25, 0.3) is 11.6 Å². The van der Waals surface area contributed by atoms with Crippen LogP contribution >= 0.6 is 23.2 Å². The molecule has 0 bridgehead atoms. The van der Waals surface area contributed by atoms with Crippen molar-refractivity contribution in [2.45, 2.75) is 17.8 Å². The summed E-state index contributed by atoms with van der Waals surface area (Å²) in [4.78, 5) is 47.2. The Balaban J connectivity index is 1.41. The second-order valence-electron chi connectivity index (χ2n) is 8.04. The lowest BCUT2D eigenvalue weighted by Crippen LogP contribution is -2.63. The number of azo groups is 1. The zero-order valence-electron chi connectivity index (χ0n) is 19.2. The number of hydrogen-bond acceptors (Lipinski definition) is 8. The molecule has 3 aromatic rings. The quantitative estimate of drug-likeness (QED) is 0.0888. The van der Waals surface area contributed by atoms with Crippen LogP contribution in [0.2, 0.25) is 5.02 Å². The number of amides is 3. The number of benzene rings is 3. The number of non-ortho nitro benzene ring substituents is 1. The summed E-state index contributed by atoms with van der Waals surface area (Å²) in [5.41, 5.74) is 3.53. The molecule has 1 aliphatic heterocycles. The molecular weight excluding hydrogens is 539 g/mol. The summed E-state index contributed by atoms with van der Waals surface area (Å²) in [7, 11) is 0. The molecule has 194 valence electrons. The van der Waals surface area contributed by atoms with E-state index in [9.17, 15) is 29.6 Å². The molecule has 14 heteroatoms. The Morgan fingerprint density at radius 3 is 2.29 bits per heavy atom. The first-order chi connectivity index (χ1) is 18.1. The zero-order valence-corrected chi connectivity index (χ0v) is 20.8. The fraction of sp³-hybridized carbons (Fsp3) is 0.125. The van der Waals surface area contributed by atoms with Gasteiger partial charge < -0.3 is 10.4 Å². The third kappa shape index (κ3) is 6.05. The van der Waals surface area contributed by atoms with Crippen LogP contribution < -0.4 is 10.7 Å². The Hall–Kier alpha value is -4.55. The van der Waals surface area contributed by atoms with Gasteiger partial charge in [0.15, 0.2) is 0 Å². The van der Waals surface area contributed by atoms with E-state index >= 15 is 0 Å². The lowest BCUT2D eigenvalue weighted by molar-refractivity contribution is -0.384. The highest BCUT2D eigenvalue weighted by Crippen LogP contribution is 2.42. The Morgan fingerprint density at radius 2 is 1.63 bits per heavy atom. The molecule has 0 saturated carbocycles. The fourth-order valence-electron chi connectivity index (χ4n) is 3.53. The second kappa shape index (κ2) is 11.2. The molecule has 3 amide bonds. The van der Waals surface area contributed by atoms with Gasteiger partial charge in [-0.1, -0.05) is 11.6 Å². The first kappa shape index (κ1) is 26.5. The number of nitrogens with one attached hydrogen (secondary N) is 2. The first-order valence-electron chi connectivity index (χ1n) is 10.9. The number of nitro benzene ring substituents is 1. The number of aromatic hydroxyl groups is 1. The Kier molecular flexibility index (Phi) is 7.84. The number of anilines is 1. The number of phenols is 1. The van der Waals surface area contributed by atoms with Crippen molar-refractivity contribution in [2.75, 3.05) is 5.32 Å². The number of β-lactam (4-membered cyclic amide) rings is 1. The van der Waals surface area contributed by atoms with Gasteiger partial charge in [-0.3, -0.25) is 29.9 Å². The lowest BCUT2D eigenvalue weighted by atomic mass is 9.94. The maximum Gasteiger partial charge on any atom is 0.269 e. The Morgan fingerprint density at radius 1 is 1.00 bits per heavy atom. The van der Waals surface area contributed by atoms with Crippen LogP contribution in [-0.2, 0) is 14.4 Å². The molecule has 2 unspecified atom stereocenters. The number of alkyl halides is 1. The number of hydrogen-bond donors (Lipinski definition) is 3. The maximum atomic E-state index is 12.5. The van der Waals surface area contributed by atoms with Gasteiger partial charge in [0.1, 0.15) is 23.6 Å². The molecule has 0 aromatic heterocycles. The first-order valence-corrected chi connectivity index (χ1v) is 11.7. The minimum atomic E-state index is -1.08. The minimum Gasteiger partial charge on any atom is -0.508 e. The van der Waals surface area contributed by atoms with Gasteiger partial charge in [-0.15, -0.1) is 11.6 Å². The summed E-state index contributed by atoms with van der Waals surface area (Å²) in [5.74, 6) is -2.35. The average Bonchev–Trinajstić information content (AvgIpc) is 2.89. The van der Waals surface area contributed by atoms with Crippen LogP contribution in [0.4, 0.5) is 22.7 Å². The Labute approximate surface area is 225 Å². The van der Waals surface area contributed by atoms with Crippen LogP contribution in [0.3, 0.4) is 0 Å². The summed E-state index contributed by atoms with van der Waals surface area (Å²) in [6, 6.07) is 15.1. The monoisotopic (exact) mass is 556 g/mol. The molecule has 1 heterocycles. The van der Waals surface area contributed by atoms with E-state index in [1.165, 1.54) is 42.5 Å². The van der Waals surface area contributed by atoms with E-state index < -0.39 is 40.5 Å². The topological polar surface area (TPSA) is 167 Å². The van der Waals surface area contributed by atoms with Crippen molar-refractivity contribution in [3.63, 3.8) is 0 Å². The van der Waals surface area contributed by atoms with Gasteiger partial charge in [0.2, 0.25) is 11.8 Å². The van der Waals surface area contributed by atoms with E-state index in [4.69, 9.17) is 23.2 Å². The second-order valence-corrected chi connectivity index (χ2v) is 8.94. The number of carbonyl (C=O) groups is 3. The van der Waals surface area contributed by atoms with E-state index in [2.05, 4.69) is 21.0 Å². The molecule has 0 aliphatic carbocycles. The van der Waals surface area contributed by atoms with Gasteiger partial charge >= 0.3 is 0 Å². The summed E-state index contributed by atoms with van der Waals surface area (Å²) >= 11 is 12.1. The molecule has 38 heavy (non-hydrogen) atoms. The van der Waals surface area contributed by atoms with Gasteiger partial charge in [-0.2, -0.15) is 10.2 Å². The summed E-state index contributed by atoms with van der Waals surface area (Å²) in [6.07, 6.45) is -0.651. The summed E-state index contributed by atoms with van der Waals surface area (Å²) < 4.78 is 0. The highest BCUT2D eigenvalue weighted by Gasteiger charge is 2.49. The lowest BCUT2D eigenvalue weighted by Gasteiger charge is -2.44. The fourth-order valence-corrected chi connectivity index (χ4v) is 4.01. The zero-order chi connectivity index (χ0) is 27.4. The van der Waals surface area contributed by atoms with Crippen molar-refractivity contribution in [2.24, 2.45) is 10.2 Å². The third-order valence-corrected chi connectivity index (χ3v) is 6.07. The largest absolute Gasteiger partial charge is 0.508 e. The number of nitro groups is 1. The number of carbonyl (C=O) groups excluding carboxylic acids is 3. The van der Waals surface area contributed by atoms with Crippen molar-refractivity contribution in [1.29, 1.82) is 0 Å². The third-order valence-electron chi connectivity index (χ3n) is 5.39. The van der Waals surface area contributed by atoms with Crippen LogP contribution in [-0.4, -0.2) is 38.1 Å².